The van der Waals surface area contributed by atoms with Crippen LogP contribution in [-0.4, -0.2) is 15.5 Å². The number of rotatable bonds is 3. The van der Waals surface area contributed by atoms with Crippen LogP contribution in [0.5, 0.6) is 0 Å². The number of nitrogens with one attached hydrogen (secondary N) is 1. The third kappa shape index (κ3) is 2.69. The fraction of sp³-hybridized carbons (Fsp3) is 0.375. The van der Waals surface area contributed by atoms with Gasteiger partial charge in [-0.05, 0) is 0 Å². The molecule has 6 nitrogen and oxygen atoms in total. The Morgan fingerprint density at radius 3 is 2.80 bits per heavy atom. The fourth-order valence-electron chi connectivity index (χ4n) is 1.00. The van der Waals surface area contributed by atoms with Gasteiger partial charge >= 0.3 is 5.69 Å². The van der Waals surface area contributed by atoms with Crippen LogP contribution in [0.4, 0.5) is 0 Å². The van der Waals surface area contributed by atoms with Crippen molar-refractivity contribution in [3.8, 4) is 0 Å². The first kappa shape index (κ1) is 11.5. The van der Waals surface area contributed by atoms with Crippen LogP contribution in [0.3, 0.4) is 0 Å². The molecule has 7 heteroatoms. The maximum Gasteiger partial charge on any atom is 0.328 e. The zero-order valence-electron chi connectivity index (χ0n) is 7.99. The molecule has 0 aromatic carbocycles. The third-order valence-electron chi connectivity index (χ3n) is 1.92. The van der Waals surface area contributed by atoms with Crippen LogP contribution in [0.1, 0.15) is 6.92 Å². The molecule has 1 aromatic heterocycles. The Labute approximate surface area is 89.7 Å². The van der Waals surface area contributed by atoms with Gasteiger partial charge < -0.3 is 5.73 Å². The number of halogens is 1. The number of carbonyl (C=O) groups excluding carboxylic acids is 1. The van der Waals surface area contributed by atoms with Gasteiger partial charge in [0.1, 0.15) is 5.02 Å². The molecule has 1 aromatic rings. The summed E-state index contributed by atoms with van der Waals surface area (Å²) < 4.78 is 1.14. The molecule has 1 amide bonds. The molecule has 0 bridgehead atoms. The summed E-state index contributed by atoms with van der Waals surface area (Å²) in [5.41, 5.74) is 3.78. The monoisotopic (exact) mass is 231 g/mol. The highest BCUT2D eigenvalue weighted by atomic mass is 35.5. The molecule has 15 heavy (non-hydrogen) atoms. The van der Waals surface area contributed by atoms with E-state index in [0.29, 0.717) is 0 Å². The number of carbonyl (C=O) groups is 1. The largest absolute Gasteiger partial charge is 0.369 e. The van der Waals surface area contributed by atoms with Crippen LogP contribution in [0.25, 0.3) is 0 Å². The summed E-state index contributed by atoms with van der Waals surface area (Å²) in [5.74, 6) is -1.03. The number of hydrogen-bond donors (Lipinski definition) is 2. The SMILES string of the molecule is CC(Cn1cc(Cl)c(=O)[nH]c1=O)C(N)=O. The molecular formula is C8H10ClN3O3. The first-order valence-corrected chi connectivity index (χ1v) is 4.58. The Morgan fingerprint density at radius 1 is 1.67 bits per heavy atom. The molecule has 82 valence electrons. The van der Waals surface area contributed by atoms with Crippen molar-refractivity contribution in [2.75, 3.05) is 0 Å². The van der Waals surface area contributed by atoms with Crippen molar-refractivity contribution < 1.29 is 4.79 Å². The highest BCUT2D eigenvalue weighted by Gasteiger charge is 2.11. The number of nitrogens with two attached hydrogens (primary N) is 1. The Balaban J connectivity index is 3.06. The quantitative estimate of drug-likeness (QED) is 0.721. The van der Waals surface area contributed by atoms with Crippen molar-refractivity contribution in [3.05, 3.63) is 32.1 Å². The van der Waals surface area contributed by atoms with Gasteiger partial charge in [0.05, 0.1) is 5.92 Å². The fourth-order valence-corrected chi connectivity index (χ4v) is 1.17. The zero-order valence-corrected chi connectivity index (χ0v) is 8.75. The predicted octanol–water partition coefficient (Wildman–Crippen LogP) is -0.689. The number of H-pyrrole nitrogens is 1. The summed E-state index contributed by atoms with van der Waals surface area (Å²) in [6, 6.07) is 0. The number of aromatic amines is 1. The second-order valence-electron chi connectivity index (χ2n) is 3.19. The summed E-state index contributed by atoms with van der Waals surface area (Å²) in [5, 5.41) is -0.105. The van der Waals surface area contributed by atoms with Crippen LogP contribution in [0.2, 0.25) is 5.02 Å². The van der Waals surface area contributed by atoms with Crippen LogP contribution in [0.15, 0.2) is 15.8 Å². The minimum Gasteiger partial charge on any atom is -0.369 e. The predicted molar refractivity (Wildman–Crippen MR) is 54.7 cm³/mol. The van der Waals surface area contributed by atoms with E-state index in [0.717, 1.165) is 4.57 Å². The van der Waals surface area contributed by atoms with Gasteiger partial charge in [-0.15, -0.1) is 0 Å². The van der Waals surface area contributed by atoms with Gasteiger partial charge in [0.25, 0.3) is 5.56 Å². The molecule has 1 unspecified atom stereocenters. The van der Waals surface area contributed by atoms with Crippen LogP contribution in [0, 0.1) is 5.92 Å². The lowest BCUT2D eigenvalue weighted by atomic mass is 10.2. The van der Waals surface area contributed by atoms with Crippen molar-refractivity contribution in [2.24, 2.45) is 11.7 Å². The molecule has 1 heterocycles. The summed E-state index contributed by atoms with van der Waals surface area (Å²) in [6.45, 7) is 1.67. The first-order valence-electron chi connectivity index (χ1n) is 4.20. The van der Waals surface area contributed by atoms with E-state index >= 15 is 0 Å². The minimum absolute atomic E-state index is 0.0880. The smallest absolute Gasteiger partial charge is 0.328 e. The van der Waals surface area contributed by atoms with Gasteiger partial charge in [-0.2, -0.15) is 0 Å². The van der Waals surface area contributed by atoms with E-state index in [1.165, 1.54) is 6.20 Å². The molecule has 0 saturated heterocycles. The Kier molecular flexibility index (Phi) is 3.31. The maximum absolute atomic E-state index is 11.2. The molecular weight excluding hydrogens is 222 g/mol. The molecule has 1 rings (SSSR count). The van der Waals surface area contributed by atoms with E-state index in [4.69, 9.17) is 17.3 Å². The summed E-state index contributed by atoms with van der Waals surface area (Å²) in [4.78, 5) is 35.0. The van der Waals surface area contributed by atoms with Crippen LogP contribution < -0.4 is 17.0 Å². The standard InChI is InChI=1S/C8H10ClN3O3/c1-4(6(10)13)2-12-3-5(9)7(14)11-8(12)15/h3-4H,2H2,1H3,(H2,10,13)(H,11,14,15). The van der Waals surface area contributed by atoms with E-state index in [9.17, 15) is 14.4 Å². The van der Waals surface area contributed by atoms with E-state index < -0.39 is 23.1 Å². The minimum atomic E-state index is -0.648. The molecule has 0 aliphatic heterocycles. The van der Waals surface area contributed by atoms with Crippen LogP contribution in [-0.2, 0) is 11.3 Å². The normalized spacial score (nSPS) is 12.4. The lowest BCUT2D eigenvalue weighted by Gasteiger charge is -2.09. The van der Waals surface area contributed by atoms with Crippen molar-refractivity contribution in [2.45, 2.75) is 13.5 Å². The lowest BCUT2D eigenvalue weighted by molar-refractivity contribution is -0.121. The Hall–Kier alpha value is -1.56. The number of primary amides is 1. The average molecular weight is 232 g/mol. The molecule has 0 saturated carbocycles. The van der Waals surface area contributed by atoms with E-state index in [-0.39, 0.29) is 11.6 Å². The first-order chi connectivity index (χ1) is 6.91. The highest BCUT2D eigenvalue weighted by molar-refractivity contribution is 6.30. The average Bonchev–Trinajstić information content (AvgIpc) is 2.13. The maximum atomic E-state index is 11.2. The van der Waals surface area contributed by atoms with Gasteiger partial charge in [-0.25, -0.2) is 4.79 Å². The number of hydrogen-bond acceptors (Lipinski definition) is 3. The molecule has 0 fully saturated rings. The van der Waals surface area contributed by atoms with Gasteiger partial charge in [0, 0.05) is 12.7 Å². The van der Waals surface area contributed by atoms with E-state index in [1.54, 1.807) is 6.92 Å². The molecule has 0 aliphatic rings. The van der Waals surface area contributed by atoms with E-state index in [2.05, 4.69) is 0 Å². The van der Waals surface area contributed by atoms with Crippen molar-refractivity contribution in [1.82, 2.24) is 9.55 Å². The van der Waals surface area contributed by atoms with Crippen molar-refractivity contribution in [1.29, 1.82) is 0 Å². The van der Waals surface area contributed by atoms with Gasteiger partial charge in [0.15, 0.2) is 0 Å². The number of aromatic nitrogens is 2. The van der Waals surface area contributed by atoms with Crippen molar-refractivity contribution in [3.63, 3.8) is 0 Å². The molecule has 0 spiro atoms. The van der Waals surface area contributed by atoms with E-state index in [1.807, 2.05) is 4.98 Å². The topological polar surface area (TPSA) is 97.9 Å². The highest BCUT2D eigenvalue weighted by Crippen LogP contribution is 2.00. The molecule has 1 atom stereocenters. The number of amides is 1. The van der Waals surface area contributed by atoms with Crippen LogP contribution >= 0.6 is 11.6 Å². The number of nitrogens with zero attached hydrogens (tertiary/aromatic N) is 1. The molecule has 0 aliphatic carbocycles. The Morgan fingerprint density at radius 2 is 2.27 bits per heavy atom. The van der Waals surface area contributed by atoms with Gasteiger partial charge in [0.2, 0.25) is 5.91 Å². The lowest BCUT2D eigenvalue weighted by Crippen LogP contribution is -2.34. The Bertz CT molecular complexity index is 491. The summed E-state index contributed by atoms with van der Waals surface area (Å²) in [7, 11) is 0. The van der Waals surface area contributed by atoms with Gasteiger partial charge in [-0.3, -0.25) is 19.1 Å². The second-order valence-corrected chi connectivity index (χ2v) is 3.60. The summed E-state index contributed by atoms with van der Waals surface area (Å²) >= 11 is 5.53. The molecule has 3 N–H and O–H groups in total. The third-order valence-corrected chi connectivity index (χ3v) is 2.19. The van der Waals surface area contributed by atoms with Crippen molar-refractivity contribution >= 4 is 17.5 Å². The zero-order chi connectivity index (χ0) is 11.6. The second kappa shape index (κ2) is 4.31. The molecule has 0 radical (unpaired) electrons. The van der Waals surface area contributed by atoms with Gasteiger partial charge in [-0.1, -0.05) is 18.5 Å². The summed E-state index contributed by atoms with van der Waals surface area (Å²) in [6.07, 6.45) is 1.18.